The fourth-order valence-corrected chi connectivity index (χ4v) is 3.01. The first-order valence-electron chi connectivity index (χ1n) is 8.52. The van der Waals surface area contributed by atoms with Crippen LogP contribution in [-0.4, -0.2) is 25.5 Å². The largest absolute Gasteiger partial charge is 0.342 e. The summed E-state index contributed by atoms with van der Waals surface area (Å²) < 4.78 is 14.8. The van der Waals surface area contributed by atoms with Crippen LogP contribution in [0, 0.1) is 11.2 Å². The molecular formula is C19H18Cl2FN7. The average Bonchev–Trinajstić information content (AvgIpc) is 2.95. The molecule has 2 heterocycles. The van der Waals surface area contributed by atoms with E-state index >= 15 is 0 Å². The maximum absolute atomic E-state index is 13.2. The monoisotopic (exact) mass is 433 g/mol. The molecule has 7 nitrogen and oxygen atoms in total. The number of nitrogens with zero attached hydrogens (tertiary/aromatic N) is 4. The van der Waals surface area contributed by atoms with Crippen LogP contribution in [0.4, 0.5) is 21.8 Å². The topological polar surface area (TPSA) is 91.5 Å². The first-order chi connectivity index (χ1) is 13.8. The molecule has 0 saturated heterocycles. The molecule has 2 aromatic heterocycles. The molecule has 0 aliphatic rings. The molecule has 0 amide bonds. The van der Waals surface area contributed by atoms with E-state index < -0.39 is 0 Å². The van der Waals surface area contributed by atoms with Crippen LogP contribution in [-0.2, 0) is 7.05 Å². The Kier molecular flexibility index (Phi) is 6.14. The summed E-state index contributed by atoms with van der Waals surface area (Å²) in [4.78, 5) is 8.32. The zero-order valence-electron chi connectivity index (χ0n) is 15.9. The van der Waals surface area contributed by atoms with Crippen molar-refractivity contribution in [2.45, 2.75) is 13.8 Å². The van der Waals surface area contributed by atoms with Crippen molar-refractivity contribution < 1.29 is 4.39 Å². The van der Waals surface area contributed by atoms with Crippen molar-refractivity contribution in [3.05, 3.63) is 58.2 Å². The van der Waals surface area contributed by atoms with E-state index in [9.17, 15) is 4.39 Å². The molecule has 10 heteroatoms. The van der Waals surface area contributed by atoms with Crippen LogP contribution >= 0.6 is 23.2 Å². The molecule has 0 fully saturated rings. The third-order valence-corrected chi connectivity index (χ3v) is 4.92. The highest BCUT2D eigenvalue weighted by atomic mass is 35.5. The van der Waals surface area contributed by atoms with Gasteiger partial charge in [0.05, 0.1) is 10.7 Å². The smallest absolute Gasteiger partial charge is 0.173 e. The van der Waals surface area contributed by atoms with Crippen molar-refractivity contribution in [2.24, 2.45) is 7.05 Å². The zero-order valence-corrected chi connectivity index (χ0v) is 17.4. The van der Waals surface area contributed by atoms with Gasteiger partial charge in [-0.2, -0.15) is 5.10 Å². The second-order valence-corrected chi connectivity index (χ2v) is 7.00. The molecule has 0 aliphatic heterocycles. The number of hydrogen-bond acceptors (Lipinski definition) is 6. The minimum atomic E-state index is -0.325. The van der Waals surface area contributed by atoms with Gasteiger partial charge in [-0.3, -0.25) is 4.68 Å². The molecule has 3 aromatic rings. The van der Waals surface area contributed by atoms with E-state index in [0.29, 0.717) is 38.9 Å². The lowest BCUT2D eigenvalue weighted by Gasteiger charge is -2.09. The summed E-state index contributed by atoms with van der Waals surface area (Å²) in [5.74, 6) is 1.03. The van der Waals surface area contributed by atoms with E-state index in [4.69, 9.17) is 28.6 Å². The van der Waals surface area contributed by atoms with Crippen molar-refractivity contribution in [3.63, 3.8) is 0 Å². The molecule has 150 valence electrons. The Bertz CT molecular complexity index is 1090. The van der Waals surface area contributed by atoms with Crippen LogP contribution < -0.4 is 10.6 Å². The summed E-state index contributed by atoms with van der Waals surface area (Å²) in [6.07, 6.45) is 1.38. The number of hydrogen-bond donors (Lipinski definition) is 3. The standard InChI is InChI=1S/C19H18Cl2FN7/c1-10(23)16(20)11(2)26-14-8-15(25-9-24-14)27-19-17(21)18(29(3)28-19)12-4-6-13(22)7-5-12/h4-9,23H,1-3H3,(H2,24,25,26,27,28)/b16-11+,23-10?. The van der Waals surface area contributed by atoms with Gasteiger partial charge in [0.2, 0.25) is 0 Å². The molecule has 0 atom stereocenters. The van der Waals surface area contributed by atoms with E-state index in [1.165, 1.54) is 18.5 Å². The zero-order chi connectivity index (χ0) is 21.1. The number of aromatic nitrogens is 4. The number of aryl methyl sites for hydroxylation is 1. The molecule has 0 spiro atoms. The van der Waals surface area contributed by atoms with Crippen molar-refractivity contribution >= 4 is 46.4 Å². The molecule has 3 rings (SSSR count). The maximum atomic E-state index is 13.2. The van der Waals surface area contributed by atoms with Gasteiger partial charge in [0, 0.05) is 30.1 Å². The molecule has 0 saturated carbocycles. The predicted molar refractivity (Wildman–Crippen MR) is 115 cm³/mol. The normalized spacial score (nSPS) is 11.8. The maximum Gasteiger partial charge on any atom is 0.173 e. The second kappa shape index (κ2) is 8.59. The summed E-state index contributed by atoms with van der Waals surface area (Å²) in [5.41, 5.74) is 2.23. The molecule has 0 aliphatic carbocycles. The first-order valence-corrected chi connectivity index (χ1v) is 9.28. The lowest BCUT2D eigenvalue weighted by Crippen LogP contribution is -2.05. The van der Waals surface area contributed by atoms with Gasteiger partial charge in [-0.25, -0.2) is 14.4 Å². The quantitative estimate of drug-likeness (QED) is 0.456. The van der Waals surface area contributed by atoms with Gasteiger partial charge >= 0.3 is 0 Å². The van der Waals surface area contributed by atoms with Gasteiger partial charge in [-0.05, 0) is 38.1 Å². The Morgan fingerprint density at radius 2 is 1.79 bits per heavy atom. The van der Waals surface area contributed by atoms with Crippen molar-refractivity contribution in [1.82, 2.24) is 19.7 Å². The fraction of sp³-hybridized carbons (Fsp3) is 0.158. The van der Waals surface area contributed by atoms with Crippen molar-refractivity contribution in [3.8, 4) is 11.3 Å². The van der Waals surface area contributed by atoms with E-state index in [2.05, 4.69) is 25.7 Å². The van der Waals surface area contributed by atoms with Crippen molar-refractivity contribution in [2.75, 3.05) is 10.6 Å². The highest BCUT2D eigenvalue weighted by Gasteiger charge is 2.17. The van der Waals surface area contributed by atoms with Gasteiger partial charge in [0.15, 0.2) is 5.82 Å². The van der Waals surface area contributed by atoms with Gasteiger partial charge in [0.1, 0.15) is 28.8 Å². The van der Waals surface area contributed by atoms with Crippen LogP contribution in [0.5, 0.6) is 0 Å². The Morgan fingerprint density at radius 1 is 1.14 bits per heavy atom. The van der Waals surface area contributed by atoms with Gasteiger partial charge < -0.3 is 16.0 Å². The van der Waals surface area contributed by atoms with Gasteiger partial charge in [-0.1, -0.05) is 23.2 Å². The minimum Gasteiger partial charge on any atom is -0.342 e. The lowest BCUT2D eigenvalue weighted by atomic mass is 10.1. The Morgan fingerprint density at radius 3 is 2.45 bits per heavy atom. The summed E-state index contributed by atoms with van der Waals surface area (Å²) in [5, 5.41) is 18.8. The van der Waals surface area contributed by atoms with Gasteiger partial charge in [-0.15, -0.1) is 0 Å². The van der Waals surface area contributed by atoms with E-state index in [0.717, 1.165) is 5.56 Å². The van der Waals surface area contributed by atoms with E-state index in [-0.39, 0.29) is 11.5 Å². The fourth-order valence-electron chi connectivity index (χ4n) is 2.64. The second-order valence-electron chi connectivity index (χ2n) is 6.24. The van der Waals surface area contributed by atoms with Crippen molar-refractivity contribution in [1.29, 1.82) is 5.41 Å². The Labute approximate surface area is 177 Å². The summed E-state index contributed by atoms with van der Waals surface area (Å²) in [6, 6.07) is 7.67. The predicted octanol–water partition coefficient (Wildman–Crippen LogP) is 5.34. The van der Waals surface area contributed by atoms with Crippen LogP contribution in [0.25, 0.3) is 11.3 Å². The molecule has 29 heavy (non-hydrogen) atoms. The number of anilines is 3. The highest BCUT2D eigenvalue weighted by Crippen LogP contribution is 2.34. The molecular weight excluding hydrogens is 416 g/mol. The molecule has 3 N–H and O–H groups in total. The minimum absolute atomic E-state index is 0.248. The van der Waals surface area contributed by atoms with E-state index in [1.54, 1.807) is 43.8 Å². The third kappa shape index (κ3) is 4.72. The van der Waals surface area contributed by atoms with Crippen LogP contribution in [0.3, 0.4) is 0 Å². The summed E-state index contributed by atoms with van der Waals surface area (Å²) in [7, 11) is 1.75. The molecule has 0 radical (unpaired) electrons. The lowest BCUT2D eigenvalue weighted by molar-refractivity contribution is 0.628. The molecule has 1 aromatic carbocycles. The van der Waals surface area contributed by atoms with Crippen LogP contribution in [0.2, 0.25) is 5.02 Å². The van der Waals surface area contributed by atoms with Crippen LogP contribution in [0.15, 0.2) is 47.4 Å². The first kappa shape index (κ1) is 20.8. The van der Waals surface area contributed by atoms with E-state index in [1.807, 2.05) is 0 Å². The number of rotatable bonds is 6. The van der Waals surface area contributed by atoms with Gasteiger partial charge in [0.25, 0.3) is 0 Å². The number of nitrogens with one attached hydrogen (secondary N) is 3. The average molecular weight is 434 g/mol. The number of benzene rings is 1. The number of halogens is 3. The van der Waals surface area contributed by atoms with Crippen LogP contribution in [0.1, 0.15) is 13.8 Å². The third-order valence-electron chi connectivity index (χ3n) is 3.99. The highest BCUT2D eigenvalue weighted by molar-refractivity contribution is 6.43. The molecule has 0 bridgehead atoms. The summed E-state index contributed by atoms with van der Waals surface area (Å²) >= 11 is 12.6. The number of allylic oxidation sites excluding steroid dienone is 2. The Hall–Kier alpha value is -2.97. The SMILES string of the molecule is CC(=N)/C(Cl)=C(/C)Nc1cc(Nc2nn(C)c(-c3ccc(F)cc3)c2Cl)ncn1. The Balaban J connectivity index is 1.86. The molecule has 0 unspecified atom stereocenters. The summed E-state index contributed by atoms with van der Waals surface area (Å²) in [6.45, 7) is 3.35.